The number of nitrogens with two attached hydrogens (primary N) is 1. The molecule has 110 valence electrons. The summed E-state index contributed by atoms with van der Waals surface area (Å²) in [5.74, 6) is -0.930. The van der Waals surface area contributed by atoms with Gasteiger partial charge in [-0.2, -0.15) is 0 Å². The van der Waals surface area contributed by atoms with Gasteiger partial charge in [-0.05, 0) is 58.7 Å². The first-order valence-electron chi connectivity index (χ1n) is 6.13. The Morgan fingerprint density at radius 3 is 2.67 bits per heavy atom. The molecule has 21 heavy (non-hydrogen) atoms. The first-order chi connectivity index (χ1) is 9.92. The predicted molar refractivity (Wildman–Crippen MR) is 84.2 cm³/mol. The largest absolute Gasteiger partial charge is 0.494 e. The highest BCUT2D eigenvalue weighted by Crippen LogP contribution is 2.28. The maximum absolute atomic E-state index is 13.6. The normalized spacial score (nSPS) is 10.3. The fourth-order valence-electron chi connectivity index (χ4n) is 1.79. The van der Waals surface area contributed by atoms with Gasteiger partial charge in [0, 0.05) is 15.7 Å². The summed E-state index contributed by atoms with van der Waals surface area (Å²) in [7, 11) is 1.37. The molecule has 0 fully saturated rings. The number of anilines is 2. The highest BCUT2D eigenvalue weighted by Gasteiger charge is 2.12. The van der Waals surface area contributed by atoms with Crippen LogP contribution in [0.25, 0.3) is 0 Å². The number of methoxy groups -OCH3 is 1. The number of aryl methyl sites for hydroxylation is 1. The Balaban J connectivity index is 2.26. The van der Waals surface area contributed by atoms with E-state index in [0.29, 0.717) is 15.8 Å². The summed E-state index contributed by atoms with van der Waals surface area (Å²) in [5.41, 5.74) is 8.00. The summed E-state index contributed by atoms with van der Waals surface area (Å²) < 4.78 is 19.1. The smallest absolute Gasteiger partial charge is 0.255 e. The molecule has 3 N–H and O–H groups in total. The van der Waals surface area contributed by atoms with Crippen molar-refractivity contribution in [2.24, 2.45) is 0 Å². The number of amides is 1. The van der Waals surface area contributed by atoms with Crippen LogP contribution in [0.3, 0.4) is 0 Å². The average molecular weight is 353 g/mol. The molecule has 0 aromatic heterocycles. The van der Waals surface area contributed by atoms with Gasteiger partial charge in [0.25, 0.3) is 5.91 Å². The molecule has 0 radical (unpaired) electrons. The number of rotatable bonds is 3. The number of carbonyl (C=O) groups excluding carboxylic acids is 1. The van der Waals surface area contributed by atoms with Crippen molar-refractivity contribution in [3.05, 3.63) is 51.7 Å². The third-order valence-corrected chi connectivity index (χ3v) is 3.67. The van der Waals surface area contributed by atoms with Crippen LogP contribution in [0, 0.1) is 12.7 Å². The Hall–Kier alpha value is -2.08. The van der Waals surface area contributed by atoms with Gasteiger partial charge in [0.15, 0.2) is 11.6 Å². The number of benzene rings is 2. The molecule has 0 spiro atoms. The lowest BCUT2D eigenvalue weighted by Gasteiger charge is -2.11. The van der Waals surface area contributed by atoms with Crippen LogP contribution < -0.4 is 15.8 Å². The van der Waals surface area contributed by atoms with E-state index in [1.807, 2.05) is 6.92 Å². The molecule has 2 aromatic rings. The number of hydrogen-bond donors (Lipinski definition) is 2. The molecule has 0 aliphatic rings. The molecule has 0 aliphatic heterocycles. The van der Waals surface area contributed by atoms with Crippen LogP contribution >= 0.6 is 15.9 Å². The van der Waals surface area contributed by atoms with Crippen molar-refractivity contribution in [3.63, 3.8) is 0 Å². The van der Waals surface area contributed by atoms with Gasteiger partial charge in [-0.1, -0.05) is 0 Å². The van der Waals surface area contributed by atoms with E-state index in [9.17, 15) is 9.18 Å². The molecule has 0 atom stereocenters. The van der Waals surface area contributed by atoms with Crippen LogP contribution in [0.5, 0.6) is 5.75 Å². The Morgan fingerprint density at radius 2 is 2.05 bits per heavy atom. The minimum atomic E-state index is -0.590. The van der Waals surface area contributed by atoms with Gasteiger partial charge in [0.05, 0.1) is 12.8 Å². The fraction of sp³-hybridized carbons (Fsp3) is 0.133. The minimum absolute atomic E-state index is 0.0901. The second kappa shape index (κ2) is 6.13. The lowest BCUT2D eigenvalue weighted by molar-refractivity contribution is 0.102. The lowest BCUT2D eigenvalue weighted by Crippen LogP contribution is -2.13. The van der Waals surface area contributed by atoms with E-state index in [1.54, 1.807) is 12.1 Å². The van der Waals surface area contributed by atoms with Crippen molar-refractivity contribution >= 4 is 33.2 Å². The van der Waals surface area contributed by atoms with Gasteiger partial charge < -0.3 is 15.8 Å². The first kappa shape index (κ1) is 15.3. The third-order valence-electron chi connectivity index (χ3n) is 3.02. The zero-order valence-corrected chi connectivity index (χ0v) is 13.1. The van der Waals surface area contributed by atoms with Crippen LogP contribution in [-0.2, 0) is 0 Å². The molecule has 0 saturated carbocycles. The number of nitrogens with one attached hydrogen (secondary N) is 1. The standard InChI is InChI=1S/C15H14BrFN2O2/c1-8-5-10(16)13(7-12(8)18)19-15(20)9-3-4-14(21-2)11(17)6-9/h3-7H,18H2,1-2H3,(H,19,20). The van der Waals surface area contributed by atoms with Crippen LogP contribution in [0.2, 0.25) is 0 Å². The van der Waals surface area contributed by atoms with Gasteiger partial charge in [0.2, 0.25) is 0 Å². The van der Waals surface area contributed by atoms with Crippen molar-refractivity contribution in [1.29, 1.82) is 0 Å². The van der Waals surface area contributed by atoms with Gasteiger partial charge in [-0.3, -0.25) is 4.79 Å². The van der Waals surface area contributed by atoms with E-state index in [1.165, 1.54) is 19.2 Å². The van der Waals surface area contributed by atoms with E-state index >= 15 is 0 Å². The number of nitrogen functional groups attached to an aromatic ring is 1. The van der Waals surface area contributed by atoms with Crippen LogP contribution in [0.15, 0.2) is 34.8 Å². The Kier molecular flexibility index (Phi) is 4.47. The summed E-state index contributed by atoms with van der Waals surface area (Å²) >= 11 is 3.36. The third kappa shape index (κ3) is 3.33. The van der Waals surface area contributed by atoms with Gasteiger partial charge in [-0.15, -0.1) is 0 Å². The Morgan fingerprint density at radius 1 is 1.33 bits per heavy atom. The van der Waals surface area contributed by atoms with Crippen molar-refractivity contribution in [2.75, 3.05) is 18.2 Å². The van der Waals surface area contributed by atoms with Crippen molar-refractivity contribution in [1.82, 2.24) is 0 Å². The molecule has 2 aromatic carbocycles. The predicted octanol–water partition coefficient (Wildman–Crippen LogP) is 3.74. The monoisotopic (exact) mass is 352 g/mol. The van der Waals surface area contributed by atoms with Gasteiger partial charge in [0.1, 0.15) is 0 Å². The number of halogens is 2. The highest BCUT2D eigenvalue weighted by atomic mass is 79.9. The lowest BCUT2D eigenvalue weighted by atomic mass is 10.1. The zero-order chi connectivity index (χ0) is 15.6. The van der Waals surface area contributed by atoms with Crippen LogP contribution in [0.4, 0.5) is 15.8 Å². The van der Waals surface area contributed by atoms with Gasteiger partial charge >= 0.3 is 0 Å². The van der Waals surface area contributed by atoms with E-state index in [-0.39, 0.29) is 11.3 Å². The summed E-state index contributed by atoms with van der Waals surface area (Å²) in [6.07, 6.45) is 0. The number of carbonyl (C=O) groups is 1. The Labute approximate surface area is 130 Å². The quantitative estimate of drug-likeness (QED) is 0.827. The number of hydrogen-bond acceptors (Lipinski definition) is 3. The van der Waals surface area contributed by atoms with Crippen molar-refractivity contribution in [2.45, 2.75) is 6.92 Å². The summed E-state index contributed by atoms with van der Waals surface area (Å²) in [6.45, 7) is 1.87. The molecule has 0 unspecified atom stereocenters. The number of ether oxygens (including phenoxy) is 1. The van der Waals surface area contributed by atoms with E-state index < -0.39 is 11.7 Å². The fourth-order valence-corrected chi connectivity index (χ4v) is 2.34. The van der Waals surface area contributed by atoms with Gasteiger partial charge in [-0.25, -0.2) is 4.39 Å². The van der Waals surface area contributed by atoms with Crippen molar-refractivity contribution < 1.29 is 13.9 Å². The molecule has 0 heterocycles. The Bertz CT molecular complexity index is 704. The summed E-state index contributed by atoms with van der Waals surface area (Å²) in [4.78, 5) is 12.1. The highest BCUT2D eigenvalue weighted by molar-refractivity contribution is 9.10. The maximum Gasteiger partial charge on any atom is 0.255 e. The molecule has 6 heteroatoms. The van der Waals surface area contributed by atoms with Crippen molar-refractivity contribution in [3.8, 4) is 5.75 Å². The summed E-state index contributed by atoms with van der Waals surface area (Å²) in [6, 6.07) is 7.47. The van der Waals surface area contributed by atoms with E-state index in [4.69, 9.17) is 10.5 Å². The minimum Gasteiger partial charge on any atom is -0.494 e. The molecule has 2 rings (SSSR count). The molecular formula is C15H14BrFN2O2. The topological polar surface area (TPSA) is 64.3 Å². The second-order valence-electron chi connectivity index (χ2n) is 4.49. The maximum atomic E-state index is 13.6. The average Bonchev–Trinajstić information content (AvgIpc) is 2.44. The summed E-state index contributed by atoms with van der Waals surface area (Å²) in [5, 5.41) is 2.69. The van der Waals surface area contributed by atoms with E-state index in [2.05, 4.69) is 21.2 Å². The molecular weight excluding hydrogens is 339 g/mol. The SMILES string of the molecule is COc1ccc(C(=O)Nc2cc(N)c(C)cc2Br)cc1F. The van der Waals surface area contributed by atoms with Crippen LogP contribution in [-0.4, -0.2) is 13.0 Å². The molecule has 4 nitrogen and oxygen atoms in total. The van der Waals surface area contributed by atoms with Crippen LogP contribution in [0.1, 0.15) is 15.9 Å². The first-order valence-corrected chi connectivity index (χ1v) is 6.92. The molecule has 0 bridgehead atoms. The second-order valence-corrected chi connectivity index (χ2v) is 5.35. The molecule has 1 amide bonds. The zero-order valence-electron chi connectivity index (χ0n) is 11.5. The van der Waals surface area contributed by atoms with E-state index in [0.717, 1.165) is 11.6 Å². The molecule has 0 saturated heterocycles. The molecule has 0 aliphatic carbocycles.